The highest BCUT2D eigenvalue weighted by Crippen LogP contribution is 2.14. The summed E-state index contributed by atoms with van der Waals surface area (Å²) >= 11 is 4.01. The normalized spacial score (nSPS) is 15.1. The van der Waals surface area contributed by atoms with E-state index in [-0.39, 0.29) is 24.4 Å². The number of carbonyl (C=O) groups is 5. The Morgan fingerprint density at radius 3 is 2.11 bits per heavy atom. The van der Waals surface area contributed by atoms with Crippen LogP contribution >= 0.6 is 12.6 Å². The van der Waals surface area contributed by atoms with Crippen LogP contribution in [0.1, 0.15) is 58.3 Å². The molecule has 46 heavy (non-hydrogen) atoms. The number of hydrogen-bond donors (Lipinski definition) is 9. The van der Waals surface area contributed by atoms with Gasteiger partial charge in [0.25, 0.3) is 0 Å². The van der Waals surface area contributed by atoms with Crippen LogP contribution in [0.25, 0.3) is 0 Å². The molecule has 0 aliphatic rings. The third-order valence-electron chi connectivity index (χ3n) is 6.30. The summed E-state index contributed by atoms with van der Waals surface area (Å²) in [5, 5.41) is 55.2. The maximum atomic E-state index is 12.5. The van der Waals surface area contributed by atoms with E-state index in [1.165, 1.54) is 30.4 Å². The molecule has 2 amide bonds. The molecule has 0 rings (SSSR count). The van der Waals surface area contributed by atoms with Crippen molar-refractivity contribution in [3.05, 3.63) is 72.6 Å². The third-order valence-corrected chi connectivity index (χ3v) is 6.66. The van der Waals surface area contributed by atoms with Gasteiger partial charge in [-0.15, -0.1) is 0 Å². The van der Waals surface area contributed by atoms with Gasteiger partial charge in [-0.05, 0) is 37.8 Å². The molecule has 4 atom stereocenters. The van der Waals surface area contributed by atoms with Crippen molar-refractivity contribution in [2.75, 3.05) is 12.3 Å². The maximum absolute atomic E-state index is 12.5. The second-order valence-electron chi connectivity index (χ2n) is 10.1. The molecule has 0 spiro atoms. The summed E-state index contributed by atoms with van der Waals surface area (Å²) in [7, 11) is 0. The van der Waals surface area contributed by atoms with E-state index < -0.39 is 60.5 Å². The van der Waals surface area contributed by atoms with Crippen LogP contribution in [-0.4, -0.2) is 91.8 Å². The topological polar surface area (TPSA) is 223 Å². The van der Waals surface area contributed by atoms with Crippen LogP contribution < -0.4 is 16.0 Å². The average molecular weight is 666 g/mol. The molecular weight excluding hydrogens is 618 g/mol. The Hall–Kier alpha value is -4.14. The molecule has 0 radical (unpaired) electrons. The molecule has 0 heterocycles. The minimum absolute atomic E-state index is 0.0344. The van der Waals surface area contributed by atoms with Gasteiger partial charge in [0.15, 0.2) is 0 Å². The Morgan fingerprint density at radius 2 is 1.48 bits per heavy atom. The molecule has 0 saturated carbocycles. The van der Waals surface area contributed by atoms with Gasteiger partial charge in [0.1, 0.15) is 24.4 Å². The molecule has 2 unspecified atom stereocenters. The lowest BCUT2D eigenvalue weighted by Gasteiger charge is -2.27. The number of carboxylic acid groups (broad SMARTS) is 3. The molecule has 13 nitrogen and oxygen atoms in total. The van der Waals surface area contributed by atoms with E-state index in [2.05, 4.69) is 28.6 Å². The first-order valence-corrected chi connectivity index (χ1v) is 15.6. The summed E-state index contributed by atoms with van der Waals surface area (Å²) in [5.74, 6) is -4.96. The highest BCUT2D eigenvalue weighted by molar-refractivity contribution is 7.80. The summed E-state index contributed by atoms with van der Waals surface area (Å²) < 4.78 is 0. The Bertz CT molecular complexity index is 1150. The number of aliphatic carboxylic acids is 3. The van der Waals surface area contributed by atoms with E-state index in [4.69, 9.17) is 10.2 Å². The summed E-state index contributed by atoms with van der Waals surface area (Å²) in [6.07, 6.45) is 19.6. The fourth-order valence-electron chi connectivity index (χ4n) is 3.89. The van der Waals surface area contributed by atoms with Crippen molar-refractivity contribution in [3.8, 4) is 0 Å². The van der Waals surface area contributed by atoms with Crippen LogP contribution in [-0.2, 0) is 24.0 Å². The standard InChI is InChI=1S/C32H47N3O10S/c1-2-3-9-17-27(37)24(16-12-7-5-4-6-10-14-23(36)15-11-8-13-18-29(39)40)34-25(32(44)45)19-20-28(38)35-26(22-46)31(43)33-21-30(41)42/h4-8,10-11,13-15,18,24-27,34,36-37,46H,2-3,9,12,16-17,19-22H2,1H3,(H,33,43)(H,35,38)(H,39,40)(H,41,42)(H,44,45)/t24?,25-,26-,27?/m0/s1. The van der Waals surface area contributed by atoms with E-state index in [1.807, 2.05) is 13.0 Å². The minimum atomic E-state index is -1.25. The Labute approximate surface area is 274 Å². The first-order valence-electron chi connectivity index (χ1n) is 14.9. The number of carbonyl (C=O) groups excluding carboxylic acids is 2. The van der Waals surface area contributed by atoms with Crippen molar-refractivity contribution >= 4 is 42.4 Å². The lowest BCUT2D eigenvalue weighted by Crippen LogP contribution is -2.50. The number of aliphatic hydroxyl groups excluding tert-OH is 2. The first kappa shape index (κ1) is 41.9. The minimum Gasteiger partial charge on any atom is -0.508 e. The van der Waals surface area contributed by atoms with Crippen LogP contribution in [0.15, 0.2) is 72.6 Å². The molecule has 0 saturated heterocycles. The predicted molar refractivity (Wildman–Crippen MR) is 177 cm³/mol. The third kappa shape index (κ3) is 22.4. The fourth-order valence-corrected chi connectivity index (χ4v) is 4.15. The van der Waals surface area contributed by atoms with Crippen molar-refractivity contribution in [2.24, 2.45) is 0 Å². The summed E-state index contributed by atoms with van der Waals surface area (Å²) in [6.45, 7) is 1.42. The molecule has 0 aliphatic carbocycles. The van der Waals surface area contributed by atoms with Gasteiger partial charge in [-0.2, -0.15) is 12.6 Å². The molecule has 256 valence electrons. The molecule has 14 heteroatoms. The van der Waals surface area contributed by atoms with Gasteiger partial charge in [-0.3, -0.25) is 24.5 Å². The van der Waals surface area contributed by atoms with Crippen LogP contribution in [0.2, 0.25) is 0 Å². The van der Waals surface area contributed by atoms with Crippen molar-refractivity contribution in [1.29, 1.82) is 0 Å². The Kier molecular flexibility index (Phi) is 23.8. The number of thiol groups is 1. The van der Waals surface area contributed by atoms with Gasteiger partial charge < -0.3 is 36.2 Å². The molecular formula is C32H47N3O10S. The summed E-state index contributed by atoms with van der Waals surface area (Å²) in [4.78, 5) is 57.6. The molecule has 0 bridgehead atoms. The van der Waals surface area contributed by atoms with E-state index in [9.17, 15) is 39.3 Å². The summed E-state index contributed by atoms with van der Waals surface area (Å²) in [6, 6.07) is -2.80. The van der Waals surface area contributed by atoms with Crippen molar-refractivity contribution in [3.63, 3.8) is 0 Å². The molecule has 0 fully saturated rings. The quantitative estimate of drug-likeness (QED) is 0.0227. The number of nitrogens with one attached hydrogen (secondary N) is 3. The Morgan fingerprint density at radius 1 is 0.804 bits per heavy atom. The average Bonchev–Trinajstić information content (AvgIpc) is 3.00. The van der Waals surface area contributed by atoms with Crippen molar-refractivity contribution in [2.45, 2.75) is 82.5 Å². The second kappa shape index (κ2) is 26.1. The molecule has 0 aromatic heterocycles. The number of carboxylic acids is 3. The predicted octanol–water partition coefficient (Wildman–Crippen LogP) is 2.82. The van der Waals surface area contributed by atoms with Crippen LogP contribution in [0, 0.1) is 0 Å². The zero-order valence-corrected chi connectivity index (χ0v) is 26.9. The SMILES string of the molecule is CCCCCC(O)C(CCC=CC=CC=CC(O)=CC=CC=CC(=O)O)N[C@@H](CCC(=O)N[C@@H](CS)C(=O)NCC(=O)O)C(=O)O. The molecule has 0 aliphatic heterocycles. The van der Waals surface area contributed by atoms with Gasteiger partial charge in [-0.25, -0.2) is 4.79 Å². The van der Waals surface area contributed by atoms with E-state index in [1.54, 1.807) is 24.3 Å². The van der Waals surface area contributed by atoms with Crippen LogP contribution in [0.4, 0.5) is 0 Å². The monoisotopic (exact) mass is 665 g/mol. The molecule has 8 N–H and O–H groups in total. The zero-order chi connectivity index (χ0) is 34.7. The van der Waals surface area contributed by atoms with E-state index in [0.29, 0.717) is 19.3 Å². The number of amides is 2. The van der Waals surface area contributed by atoms with Gasteiger partial charge in [0, 0.05) is 24.3 Å². The van der Waals surface area contributed by atoms with Crippen LogP contribution in [0.5, 0.6) is 0 Å². The summed E-state index contributed by atoms with van der Waals surface area (Å²) in [5.41, 5.74) is 0. The lowest BCUT2D eigenvalue weighted by atomic mass is 9.97. The number of unbranched alkanes of at least 4 members (excludes halogenated alkanes) is 2. The highest BCUT2D eigenvalue weighted by atomic mass is 32.1. The van der Waals surface area contributed by atoms with Gasteiger partial charge in [0.2, 0.25) is 11.8 Å². The van der Waals surface area contributed by atoms with Crippen LogP contribution in [0.3, 0.4) is 0 Å². The van der Waals surface area contributed by atoms with Crippen molar-refractivity contribution < 1.29 is 49.5 Å². The Balaban J connectivity index is 5.15. The maximum Gasteiger partial charge on any atom is 0.328 e. The lowest BCUT2D eigenvalue weighted by molar-refractivity contribution is -0.140. The zero-order valence-electron chi connectivity index (χ0n) is 26.0. The smallest absolute Gasteiger partial charge is 0.328 e. The second-order valence-corrected chi connectivity index (χ2v) is 10.5. The number of allylic oxidation sites excluding steroid dienone is 10. The van der Waals surface area contributed by atoms with E-state index >= 15 is 0 Å². The molecule has 0 aromatic carbocycles. The van der Waals surface area contributed by atoms with Gasteiger partial charge in [-0.1, -0.05) is 74.8 Å². The fraction of sp³-hybridized carbons (Fsp3) is 0.469. The number of rotatable bonds is 25. The first-order chi connectivity index (χ1) is 21.9. The number of aliphatic hydroxyl groups is 2. The largest absolute Gasteiger partial charge is 0.508 e. The van der Waals surface area contributed by atoms with Gasteiger partial charge >= 0.3 is 17.9 Å². The molecule has 0 aromatic rings. The number of hydrogen-bond acceptors (Lipinski definition) is 9. The highest BCUT2D eigenvalue weighted by Gasteiger charge is 2.27. The van der Waals surface area contributed by atoms with E-state index in [0.717, 1.165) is 25.3 Å². The van der Waals surface area contributed by atoms with Gasteiger partial charge in [0.05, 0.1) is 6.10 Å². The van der Waals surface area contributed by atoms with Crippen molar-refractivity contribution in [1.82, 2.24) is 16.0 Å².